The topological polar surface area (TPSA) is 91.5 Å². The molecule has 8 heteroatoms. The van der Waals surface area contributed by atoms with Crippen molar-refractivity contribution in [1.29, 1.82) is 0 Å². The summed E-state index contributed by atoms with van der Waals surface area (Å²) in [5, 5.41) is 7.80. The van der Waals surface area contributed by atoms with E-state index in [1.807, 2.05) is 23.6 Å². The fourth-order valence-electron chi connectivity index (χ4n) is 2.40. The van der Waals surface area contributed by atoms with Crippen molar-refractivity contribution in [2.45, 2.75) is 4.90 Å². The van der Waals surface area contributed by atoms with E-state index >= 15 is 0 Å². The Morgan fingerprint density at radius 2 is 1.76 bits per heavy atom. The average Bonchev–Trinajstić information content (AvgIpc) is 3.10. The normalized spacial score (nSPS) is 11.3. The molecule has 3 aromatic rings. The minimum atomic E-state index is -3.70. The molecule has 25 heavy (non-hydrogen) atoms. The average molecular weight is 376 g/mol. The Bertz CT molecular complexity index is 996. The second kappa shape index (κ2) is 6.83. The zero-order chi connectivity index (χ0) is 18.0. The molecule has 130 valence electrons. The van der Waals surface area contributed by atoms with Crippen LogP contribution in [0.3, 0.4) is 0 Å². The molecule has 0 saturated carbocycles. The number of methoxy groups -OCH3 is 2. The van der Waals surface area contributed by atoms with Crippen LogP contribution in [0.2, 0.25) is 0 Å². The lowest BCUT2D eigenvalue weighted by atomic mass is 10.1. The first-order valence-corrected chi connectivity index (χ1v) is 9.66. The third-order valence-corrected chi connectivity index (χ3v) is 5.42. The summed E-state index contributed by atoms with van der Waals surface area (Å²) in [7, 11) is -0.534. The Hall–Kier alpha value is -2.42. The maximum absolute atomic E-state index is 11.3. The van der Waals surface area contributed by atoms with Crippen molar-refractivity contribution >= 4 is 21.4 Å². The van der Waals surface area contributed by atoms with Crippen molar-refractivity contribution in [3.63, 3.8) is 0 Å². The number of hydrogen-bond acceptors (Lipinski definition) is 6. The molecule has 0 radical (unpaired) electrons. The first-order chi connectivity index (χ1) is 11.9. The van der Waals surface area contributed by atoms with Crippen LogP contribution in [0, 0.1) is 0 Å². The van der Waals surface area contributed by atoms with Crippen molar-refractivity contribution in [3.05, 3.63) is 47.8 Å². The third kappa shape index (κ3) is 3.51. The number of hydrogen-bond donors (Lipinski definition) is 1. The lowest BCUT2D eigenvalue weighted by Gasteiger charge is -2.10. The summed E-state index contributed by atoms with van der Waals surface area (Å²) in [6.45, 7) is 0. The highest BCUT2D eigenvalue weighted by atomic mass is 32.2. The van der Waals surface area contributed by atoms with Gasteiger partial charge in [0.1, 0.15) is 5.01 Å². The van der Waals surface area contributed by atoms with Crippen molar-refractivity contribution in [1.82, 2.24) is 4.98 Å². The van der Waals surface area contributed by atoms with Crippen LogP contribution in [0.15, 0.2) is 52.7 Å². The molecule has 0 bridgehead atoms. The van der Waals surface area contributed by atoms with Crippen LogP contribution in [0.25, 0.3) is 21.8 Å². The van der Waals surface area contributed by atoms with Crippen LogP contribution >= 0.6 is 11.3 Å². The summed E-state index contributed by atoms with van der Waals surface area (Å²) in [5.74, 6) is 1.25. The van der Waals surface area contributed by atoms with Gasteiger partial charge >= 0.3 is 0 Å². The van der Waals surface area contributed by atoms with Crippen LogP contribution < -0.4 is 14.6 Å². The highest BCUT2D eigenvalue weighted by Crippen LogP contribution is 2.40. The van der Waals surface area contributed by atoms with E-state index in [4.69, 9.17) is 14.6 Å². The second-order valence-corrected chi connectivity index (χ2v) is 7.57. The van der Waals surface area contributed by atoms with Crippen LogP contribution in [0.4, 0.5) is 0 Å². The Labute approximate surface area is 149 Å². The smallest absolute Gasteiger partial charge is 0.238 e. The molecule has 0 aliphatic carbocycles. The predicted molar refractivity (Wildman–Crippen MR) is 97.5 cm³/mol. The Kier molecular flexibility index (Phi) is 4.76. The number of nitrogens with two attached hydrogens (primary N) is 1. The van der Waals surface area contributed by atoms with Crippen LogP contribution in [-0.2, 0) is 10.0 Å². The quantitative estimate of drug-likeness (QED) is 0.739. The number of primary sulfonamides is 1. The minimum absolute atomic E-state index is 0.0705. The molecule has 0 atom stereocenters. The van der Waals surface area contributed by atoms with Crippen LogP contribution in [0.1, 0.15) is 0 Å². The Balaban J connectivity index is 1.99. The molecule has 0 fully saturated rings. The van der Waals surface area contributed by atoms with E-state index in [2.05, 4.69) is 4.98 Å². The second-order valence-electron chi connectivity index (χ2n) is 5.15. The van der Waals surface area contributed by atoms with Gasteiger partial charge in [-0.25, -0.2) is 18.5 Å². The van der Waals surface area contributed by atoms with Gasteiger partial charge in [-0.3, -0.25) is 0 Å². The van der Waals surface area contributed by atoms with Gasteiger partial charge in [0.2, 0.25) is 10.0 Å². The molecule has 0 aliphatic heterocycles. The van der Waals surface area contributed by atoms with Gasteiger partial charge in [-0.05, 0) is 24.3 Å². The number of sulfonamides is 1. The van der Waals surface area contributed by atoms with Gasteiger partial charge in [0.15, 0.2) is 11.5 Å². The molecule has 0 spiro atoms. The first-order valence-electron chi connectivity index (χ1n) is 7.24. The van der Waals surface area contributed by atoms with Crippen molar-refractivity contribution < 1.29 is 17.9 Å². The van der Waals surface area contributed by atoms with Crippen LogP contribution in [0.5, 0.6) is 11.5 Å². The third-order valence-electron chi connectivity index (χ3n) is 3.62. The maximum Gasteiger partial charge on any atom is 0.238 e. The fraction of sp³-hybridized carbons (Fsp3) is 0.118. The van der Waals surface area contributed by atoms with E-state index in [9.17, 15) is 8.42 Å². The number of aromatic nitrogens is 1. The number of ether oxygens (including phenoxy) is 2. The summed E-state index contributed by atoms with van der Waals surface area (Å²) in [4.78, 5) is 4.70. The molecule has 3 rings (SSSR count). The lowest BCUT2D eigenvalue weighted by molar-refractivity contribution is 0.356. The molecule has 0 aliphatic rings. The number of rotatable bonds is 5. The fourth-order valence-corrected chi connectivity index (χ4v) is 3.77. The van der Waals surface area contributed by atoms with E-state index < -0.39 is 10.0 Å². The van der Waals surface area contributed by atoms with Gasteiger partial charge in [0.05, 0.1) is 30.4 Å². The Morgan fingerprint density at radius 3 is 2.36 bits per heavy atom. The van der Waals surface area contributed by atoms with Gasteiger partial charge < -0.3 is 9.47 Å². The van der Waals surface area contributed by atoms with Gasteiger partial charge in [-0.2, -0.15) is 0 Å². The van der Waals surface area contributed by atoms with E-state index in [0.717, 1.165) is 21.8 Å². The Morgan fingerprint density at radius 1 is 1.04 bits per heavy atom. The number of nitrogens with zero attached hydrogens (tertiary/aromatic N) is 1. The largest absolute Gasteiger partial charge is 0.493 e. The lowest BCUT2D eigenvalue weighted by Crippen LogP contribution is -2.11. The van der Waals surface area contributed by atoms with E-state index in [1.165, 1.54) is 23.5 Å². The molecule has 2 aromatic carbocycles. The summed E-state index contributed by atoms with van der Waals surface area (Å²) in [5.41, 5.74) is 2.38. The first kappa shape index (κ1) is 17.4. The summed E-state index contributed by atoms with van der Waals surface area (Å²) in [6, 6.07) is 11.9. The molecule has 0 unspecified atom stereocenters. The number of benzene rings is 2. The van der Waals surface area contributed by atoms with Crippen molar-refractivity contribution in [2.75, 3.05) is 14.2 Å². The van der Waals surface area contributed by atoms with Gasteiger partial charge in [0, 0.05) is 10.9 Å². The zero-order valence-corrected chi connectivity index (χ0v) is 15.2. The SMILES string of the molecule is COc1cccc(-c2nc(-c3ccc(S(N)(=O)=O)cc3)cs2)c1OC. The van der Waals surface area contributed by atoms with E-state index in [-0.39, 0.29) is 4.90 Å². The number of para-hydroxylation sites is 1. The highest BCUT2D eigenvalue weighted by molar-refractivity contribution is 7.89. The monoisotopic (exact) mass is 376 g/mol. The zero-order valence-electron chi connectivity index (χ0n) is 13.6. The van der Waals surface area contributed by atoms with Gasteiger partial charge in [-0.15, -0.1) is 11.3 Å². The summed E-state index contributed by atoms with van der Waals surface area (Å²) in [6.07, 6.45) is 0. The van der Waals surface area contributed by atoms with Crippen molar-refractivity contribution in [3.8, 4) is 33.3 Å². The number of thiazole rings is 1. The van der Waals surface area contributed by atoms with Crippen LogP contribution in [-0.4, -0.2) is 27.6 Å². The molecule has 1 heterocycles. The summed E-state index contributed by atoms with van der Waals surface area (Å²) < 4.78 is 33.4. The van der Waals surface area contributed by atoms with Crippen molar-refractivity contribution in [2.24, 2.45) is 5.14 Å². The standard InChI is InChI=1S/C17H16N2O4S2/c1-22-15-5-3-4-13(16(15)23-2)17-19-14(10-24-17)11-6-8-12(9-7-11)25(18,20)21/h3-10H,1-2H3,(H2,18,20,21). The molecular formula is C17H16N2O4S2. The minimum Gasteiger partial charge on any atom is -0.493 e. The van der Waals surface area contributed by atoms with Gasteiger partial charge in [0.25, 0.3) is 0 Å². The van der Waals surface area contributed by atoms with Gasteiger partial charge in [-0.1, -0.05) is 18.2 Å². The molecule has 0 amide bonds. The molecular weight excluding hydrogens is 360 g/mol. The highest BCUT2D eigenvalue weighted by Gasteiger charge is 2.15. The molecule has 2 N–H and O–H groups in total. The summed E-state index contributed by atoms with van der Waals surface area (Å²) >= 11 is 1.47. The molecule has 1 aromatic heterocycles. The van der Waals surface area contributed by atoms with E-state index in [0.29, 0.717) is 11.5 Å². The molecule has 0 saturated heterocycles. The molecule has 6 nitrogen and oxygen atoms in total. The van der Waals surface area contributed by atoms with E-state index in [1.54, 1.807) is 26.4 Å². The predicted octanol–water partition coefficient (Wildman–Crippen LogP) is 3.14. The maximum atomic E-state index is 11.3.